The van der Waals surface area contributed by atoms with Crippen molar-refractivity contribution in [3.8, 4) is 28.6 Å². The van der Waals surface area contributed by atoms with Crippen LogP contribution in [0.25, 0.3) is 22.6 Å². The number of H-pyrrole nitrogens is 1. The van der Waals surface area contributed by atoms with Gasteiger partial charge < -0.3 is 19.2 Å². The quantitative estimate of drug-likeness (QED) is 0.333. The minimum atomic E-state index is 0.416. The van der Waals surface area contributed by atoms with Crippen LogP contribution in [0, 0.1) is 0 Å². The molecular formula is C27H23N3O3. The van der Waals surface area contributed by atoms with E-state index in [0.29, 0.717) is 24.8 Å². The summed E-state index contributed by atoms with van der Waals surface area (Å²) < 4.78 is 17.5. The Morgan fingerprint density at radius 2 is 1.52 bits per heavy atom. The zero-order chi connectivity index (χ0) is 22.5. The molecule has 0 aliphatic rings. The fraction of sp³-hybridized carbons (Fsp3) is 0.111. The maximum Gasteiger partial charge on any atom is 0.157 e. The smallest absolute Gasteiger partial charge is 0.157 e. The van der Waals surface area contributed by atoms with Crippen molar-refractivity contribution in [1.29, 1.82) is 0 Å². The van der Waals surface area contributed by atoms with Crippen LogP contribution in [0.5, 0.6) is 17.2 Å². The Bertz CT molecular complexity index is 1320. The molecule has 0 spiro atoms. The summed E-state index contributed by atoms with van der Waals surface area (Å²) in [5.41, 5.74) is 4.48. The monoisotopic (exact) mass is 437 g/mol. The van der Waals surface area contributed by atoms with E-state index in [1.807, 2.05) is 84.9 Å². The molecule has 0 atom stereocenters. The second-order valence-electron chi connectivity index (χ2n) is 7.53. The maximum absolute atomic E-state index is 6.19. The van der Waals surface area contributed by atoms with Crippen LogP contribution in [0.3, 0.4) is 0 Å². The molecule has 0 aliphatic carbocycles. The number of hydrogen-bond acceptors (Lipinski definition) is 5. The maximum atomic E-state index is 6.19. The van der Waals surface area contributed by atoms with E-state index in [-0.39, 0.29) is 0 Å². The van der Waals surface area contributed by atoms with E-state index in [2.05, 4.69) is 9.97 Å². The van der Waals surface area contributed by atoms with Gasteiger partial charge in [0, 0.05) is 6.20 Å². The Morgan fingerprint density at radius 3 is 2.30 bits per heavy atom. The Kier molecular flexibility index (Phi) is 5.89. The minimum absolute atomic E-state index is 0.416. The van der Waals surface area contributed by atoms with Gasteiger partial charge in [-0.05, 0) is 53.6 Å². The summed E-state index contributed by atoms with van der Waals surface area (Å²) in [6, 6.07) is 27.5. The van der Waals surface area contributed by atoms with Gasteiger partial charge in [-0.15, -0.1) is 0 Å². The second-order valence-corrected chi connectivity index (χ2v) is 7.53. The van der Waals surface area contributed by atoms with Crippen LogP contribution in [0.15, 0.2) is 91.1 Å². The number of benzene rings is 3. The van der Waals surface area contributed by atoms with Crippen molar-refractivity contribution in [3.63, 3.8) is 0 Å². The van der Waals surface area contributed by atoms with Crippen LogP contribution in [-0.4, -0.2) is 22.1 Å². The van der Waals surface area contributed by atoms with Crippen LogP contribution >= 0.6 is 0 Å². The molecule has 2 aromatic heterocycles. The zero-order valence-corrected chi connectivity index (χ0v) is 18.2. The molecule has 6 heteroatoms. The lowest BCUT2D eigenvalue weighted by molar-refractivity contribution is 0.298. The number of rotatable bonds is 8. The van der Waals surface area contributed by atoms with E-state index in [0.717, 1.165) is 39.4 Å². The first kappa shape index (κ1) is 20.6. The number of imidazole rings is 1. The van der Waals surface area contributed by atoms with Crippen molar-refractivity contribution >= 4 is 11.2 Å². The third-order valence-electron chi connectivity index (χ3n) is 5.26. The van der Waals surface area contributed by atoms with Gasteiger partial charge in [-0.1, -0.05) is 42.5 Å². The Balaban J connectivity index is 1.43. The van der Waals surface area contributed by atoms with E-state index >= 15 is 0 Å². The second kappa shape index (κ2) is 9.44. The number of methoxy groups -OCH3 is 1. The van der Waals surface area contributed by atoms with Gasteiger partial charge in [-0.3, -0.25) is 0 Å². The van der Waals surface area contributed by atoms with Crippen molar-refractivity contribution in [3.05, 3.63) is 102 Å². The topological polar surface area (TPSA) is 69.3 Å². The summed E-state index contributed by atoms with van der Waals surface area (Å²) >= 11 is 0. The van der Waals surface area contributed by atoms with Gasteiger partial charge in [0.25, 0.3) is 0 Å². The van der Waals surface area contributed by atoms with Crippen molar-refractivity contribution in [2.75, 3.05) is 7.11 Å². The molecule has 0 saturated heterocycles. The van der Waals surface area contributed by atoms with Crippen LogP contribution in [0.4, 0.5) is 0 Å². The van der Waals surface area contributed by atoms with Gasteiger partial charge in [0.05, 0.1) is 12.7 Å². The van der Waals surface area contributed by atoms with Crippen molar-refractivity contribution in [2.45, 2.75) is 13.2 Å². The number of pyridine rings is 1. The molecule has 0 unspecified atom stereocenters. The highest BCUT2D eigenvalue weighted by atomic mass is 16.5. The van der Waals surface area contributed by atoms with Gasteiger partial charge in [0.15, 0.2) is 5.65 Å². The molecule has 164 valence electrons. The molecule has 0 saturated carbocycles. The molecule has 33 heavy (non-hydrogen) atoms. The predicted molar refractivity (Wildman–Crippen MR) is 127 cm³/mol. The van der Waals surface area contributed by atoms with E-state index in [4.69, 9.17) is 19.2 Å². The van der Waals surface area contributed by atoms with Gasteiger partial charge in [0.1, 0.15) is 41.8 Å². The minimum Gasteiger partial charge on any atom is -0.497 e. The molecule has 0 amide bonds. The van der Waals surface area contributed by atoms with Crippen LogP contribution in [0.2, 0.25) is 0 Å². The van der Waals surface area contributed by atoms with Crippen LogP contribution in [-0.2, 0) is 13.2 Å². The summed E-state index contributed by atoms with van der Waals surface area (Å²) in [5.74, 6) is 2.93. The third-order valence-corrected chi connectivity index (χ3v) is 5.26. The van der Waals surface area contributed by atoms with Crippen molar-refractivity contribution in [1.82, 2.24) is 15.0 Å². The number of nitrogens with zero attached hydrogens (tertiary/aromatic N) is 2. The van der Waals surface area contributed by atoms with E-state index in [1.54, 1.807) is 13.3 Å². The first-order valence-corrected chi connectivity index (χ1v) is 10.7. The molecular weight excluding hydrogens is 414 g/mol. The zero-order valence-electron chi connectivity index (χ0n) is 18.2. The lowest BCUT2D eigenvalue weighted by Crippen LogP contribution is -1.99. The van der Waals surface area contributed by atoms with Gasteiger partial charge in [-0.25, -0.2) is 9.97 Å². The number of hydrogen-bond donors (Lipinski definition) is 1. The molecule has 0 bridgehead atoms. The first-order valence-electron chi connectivity index (χ1n) is 10.7. The van der Waals surface area contributed by atoms with Gasteiger partial charge in [0.2, 0.25) is 0 Å². The Hall–Kier alpha value is -4.32. The highest BCUT2D eigenvalue weighted by Crippen LogP contribution is 2.34. The molecule has 0 aliphatic heterocycles. The molecule has 5 rings (SSSR count). The largest absolute Gasteiger partial charge is 0.497 e. The Labute approximate surface area is 191 Å². The molecule has 5 aromatic rings. The van der Waals surface area contributed by atoms with Gasteiger partial charge in [-0.2, -0.15) is 0 Å². The summed E-state index contributed by atoms with van der Waals surface area (Å²) in [6.07, 6.45) is 1.74. The summed E-state index contributed by atoms with van der Waals surface area (Å²) in [4.78, 5) is 12.4. The molecule has 1 N–H and O–H groups in total. The Morgan fingerprint density at radius 1 is 0.758 bits per heavy atom. The average molecular weight is 437 g/mol. The standard InChI is InChI=1S/C27H23N3O3/c1-31-21-11-9-20(10-12-21)18-33-25-14-13-22(32-17-19-6-3-2-4-7-19)16-23(25)26-29-24-8-5-15-28-27(24)30-26/h2-16H,17-18H2,1H3,(H,28,29,30). The summed E-state index contributed by atoms with van der Waals surface area (Å²) in [5, 5.41) is 0. The number of aromatic nitrogens is 3. The fourth-order valence-electron chi connectivity index (χ4n) is 3.51. The van der Waals surface area contributed by atoms with Crippen molar-refractivity contribution in [2.24, 2.45) is 0 Å². The van der Waals surface area contributed by atoms with Crippen LogP contribution in [0.1, 0.15) is 11.1 Å². The molecule has 2 heterocycles. The van der Waals surface area contributed by atoms with E-state index in [9.17, 15) is 0 Å². The summed E-state index contributed by atoms with van der Waals surface area (Å²) in [7, 11) is 1.65. The molecule has 3 aromatic carbocycles. The lowest BCUT2D eigenvalue weighted by Gasteiger charge is -2.13. The highest BCUT2D eigenvalue weighted by molar-refractivity contribution is 5.78. The lowest BCUT2D eigenvalue weighted by atomic mass is 10.1. The van der Waals surface area contributed by atoms with Crippen LogP contribution < -0.4 is 14.2 Å². The third kappa shape index (κ3) is 4.80. The normalized spacial score (nSPS) is 10.8. The molecule has 6 nitrogen and oxygen atoms in total. The molecule has 0 radical (unpaired) electrons. The number of ether oxygens (including phenoxy) is 3. The first-order chi connectivity index (χ1) is 16.3. The predicted octanol–water partition coefficient (Wildman–Crippen LogP) is 5.79. The van der Waals surface area contributed by atoms with Crippen molar-refractivity contribution < 1.29 is 14.2 Å². The van der Waals surface area contributed by atoms with E-state index in [1.165, 1.54) is 0 Å². The van der Waals surface area contributed by atoms with E-state index < -0.39 is 0 Å². The number of aromatic amines is 1. The summed E-state index contributed by atoms with van der Waals surface area (Å²) in [6.45, 7) is 0.897. The number of fused-ring (bicyclic) bond motifs is 1. The SMILES string of the molecule is COc1ccc(COc2ccc(OCc3ccccc3)cc2-c2nc3cccnc3[nH]2)cc1. The van der Waals surface area contributed by atoms with Gasteiger partial charge >= 0.3 is 0 Å². The average Bonchev–Trinajstić information content (AvgIpc) is 3.32. The fourth-order valence-corrected chi connectivity index (χ4v) is 3.51. The highest BCUT2D eigenvalue weighted by Gasteiger charge is 2.14. The number of nitrogens with one attached hydrogen (secondary N) is 1. The molecule has 0 fully saturated rings.